The summed E-state index contributed by atoms with van der Waals surface area (Å²) in [4.78, 5) is 23.0. The van der Waals surface area contributed by atoms with Crippen LogP contribution in [0.2, 0.25) is 0 Å². The van der Waals surface area contributed by atoms with Crippen LogP contribution in [0, 0.1) is 25.2 Å². The highest BCUT2D eigenvalue weighted by Gasteiger charge is 2.24. The number of anilines is 2. The minimum absolute atomic E-state index is 0.0866. The third kappa shape index (κ3) is 3.48. The quantitative estimate of drug-likeness (QED) is 0.917. The van der Waals surface area contributed by atoms with E-state index in [-0.39, 0.29) is 11.6 Å². The second-order valence-corrected chi connectivity index (χ2v) is 6.48. The highest BCUT2D eigenvalue weighted by molar-refractivity contribution is 5.60. The third-order valence-corrected chi connectivity index (χ3v) is 4.52. The number of hydrogen-bond acceptors (Lipinski definition) is 6. The molecule has 7 nitrogen and oxygen atoms in total. The lowest BCUT2D eigenvalue weighted by atomic mass is 10.0. The van der Waals surface area contributed by atoms with Gasteiger partial charge < -0.3 is 14.8 Å². The molecule has 2 aromatic rings. The van der Waals surface area contributed by atoms with Crippen molar-refractivity contribution >= 4 is 11.5 Å². The van der Waals surface area contributed by atoms with Gasteiger partial charge in [0.2, 0.25) is 0 Å². The molecule has 25 heavy (non-hydrogen) atoms. The second-order valence-electron chi connectivity index (χ2n) is 6.48. The molecule has 1 saturated heterocycles. The molecule has 1 aliphatic heterocycles. The van der Waals surface area contributed by atoms with E-state index in [2.05, 4.69) is 21.4 Å². The summed E-state index contributed by atoms with van der Waals surface area (Å²) in [5, 5.41) is 12.9. The van der Waals surface area contributed by atoms with Crippen molar-refractivity contribution in [3.8, 4) is 6.07 Å². The van der Waals surface area contributed by atoms with Crippen molar-refractivity contribution in [2.75, 3.05) is 23.3 Å². The molecule has 0 bridgehead atoms. The number of aryl methyl sites for hydroxylation is 3. The molecule has 1 atom stereocenters. The first-order chi connectivity index (χ1) is 12.0. The lowest BCUT2D eigenvalue weighted by Crippen LogP contribution is -2.45. The Bertz CT molecular complexity index is 882. The van der Waals surface area contributed by atoms with Crippen molar-refractivity contribution < 1.29 is 0 Å². The molecule has 0 unspecified atom stereocenters. The van der Waals surface area contributed by atoms with E-state index >= 15 is 0 Å². The summed E-state index contributed by atoms with van der Waals surface area (Å²) in [7, 11) is 1.73. The van der Waals surface area contributed by atoms with Gasteiger partial charge in [0, 0.05) is 44.3 Å². The molecule has 0 aliphatic carbocycles. The molecule has 0 radical (unpaired) electrons. The zero-order chi connectivity index (χ0) is 18.0. The number of aromatic nitrogens is 3. The Morgan fingerprint density at radius 3 is 2.96 bits per heavy atom. The van der Waals surface area contributed by atoms with Crippen LogP contribution in [-0.4, -0.2) is 33.7 Å². The Hall–Kier alpha value is -2.88. The van der Waals surface area contributed by atoms with Gasteiger partial charge in [-0.3, -0.25) is 9.78 Å². The van der Waals surface area contributed by atoms with E-state index in [1.54, 1.807) is 24.0 Å². The Kier molecular flexibility index (Phi) is 4.70. The average molecular weight is 338 g/mol. The standard InChI is InChI=1S/C18H22N6O/c1-12-9-16(15(10-19)13(2)21-12)22-14-5-4-7-24(11-14)17-18(25)23(3)8-6-20-17/h6,8-9,14H,4-5,7,11H2,1-3H3,(H,21,22)/t14-/m0/s1. The highest BCUT2D eigenvalue weighted by Crippen LogP contribution is 2.23. The zero-order valence-electron chi connectivity index (χ0n) is 14.8. The van der Waals surface area contributed by atoms with Crippen LogP contribution >= 0.6 is 0 Å². The summed E-state index contributed by atoms with van der Waals surface area (Å²) in [5.41, 5.74) is 2.92. The molecule has 3 heterocycles. The van der Waals surface area contributed by atoms with Crippen LogP contribution < -0.4 is 15.8 Å². The van der Waals surface area contributed by atoms with Gasteiger partial charge in [-0.15, -0.1) is 0 Å². The van der Waals surface area contributed by atoms with Crippen molar-refractivity contribution in [3.63, 3.8) is 0 Å². The van der Waals surface area contributed by atoms with Crippen LogP contribution in [0.3, 0.4) is 0 Å². The van der Waals surface area contributed by atoms with Gasteiger partial charge in [-0.1, -0.05) is 0 Å². The second kappa shape index (κ2) is 6.93. The lowest BCUT2D eigenvalue weighted by Gasteiger charge is -2.34. The van der Waals surface area contributed by atoms with Crippen LogP contribution in [0.15, 0.2) is 23.3 Å². The van der Waals surface area contributed by atoms with E-state index in [9.17, 15) is 10.1 Å². The van der Waals surface area contributed by atoms with E-state index in [1.807, 2.05) is 24.8 Å². The topological polar surface area (TPSA) is 86.8 Å². The SMILES string of the molecule is Cc1cc(N[C@H]2CCCN(c3nccn(C)c3=O)C2)c(C#N)c(C)n1. The fourth-order valence-electron chi connectivity index (χ4n) is 3.29. The molecule has 1 N–H and O–H groups in total. The highest BCUT2D eigenvalue weighted by atomic mass is 16.1. The maximum atomic E-state index is 12.3. The number of nitrogens with one attached hydrogen (secondary N) is 1. The van der Waals surface area contributed by atoms with Crippen molar-refractivity contribution in [2.45, 2.75) is 32.7 Å². The Morgan fingerprint density at radius 2 is 2.20 bits per heavy atom. The molecule has 0 aromatic carbocycles. The molecule has 0 amide bonds. The maximum absolute atomic E-state index is 12.3. The van der Waals surface area contributed by atoms with Gasteiger partial charge in [0.05, 0.1) is 16.9 Å². The molecular weight excluding hydrogens is 316 g/mol. The number of piperidine rings is 1. The van der Waals surface area contributed by atoms with E-state index in [4.69, 9.17) is 0 Å². The number of pyridine rings is 1. The number of hydrogen-bond donors (Lipinski definition) is 1. The minimum Gasteiger partial charge on any atom is -0.379 e. The van der Waals surface area contributed by atoms with Crippen LogP contribution in [0.5, 0.6) is 0 Å². The van der Waals surface area contributed by atoms with E-state index in [1.165, 1.54) is 0 Å². The predicted octanol–water partition coefficient (Wildman–Crippen LogP) is 1.74. The molecule has 1 aliphatic rings. The first-order valence-corrected chi connectivity index (χ1v) is 8.41. The van der Waals surface area contributed by atoms with E-state index in [0.717, 1.165) is 36.5 Å². The molecule has 7 heteroatoms. The van der Waals surface area contributed by atoms with Gasteiger partial charge in [0.15, 0.2) is 5.82 Å². The van der Waals surface area contributed by atoms with Gasteiger partial charge in [-0.05, 0) is 32.8 Å². The summed E-state index contributed by atoms with van der Waals surface area (Å²) in [6.45, 7) is 5.26. The molecule has 0 spiro atoms. The fourth-order valence-corrected chi connectivity index (χ4v) is 3.29. The average Bonchev–Trinajstić information content (AvgIpc) is 2.57. The maximum Gasteiger partial charge on any atom is 0.293 e. The normalized spacial score (nSPS) is 17.2. The zero-order valence-corrected chi connectivity index (χ0v) is 14.8. The van der Waals surface area contributed by atoms with Crippen LogP contribution in [0.25, 0.3) is 0 Å². The first kappa shape index (κ1) is 17.0. The summed E-state index contributed by atoms with van der Waals surface area (Å²) in [5.74, 6) is 0.485. The molecule has 0 saturated carbocycles. The Morgan fingerprint density at radius 1 is 1.40 bits per heavy atom. The van der Waals surface area contributed by atoms with E-state index in [0.29, 0.717) is 17.9 Å². The summed E-state index contributed by atoms with van der Waals surface area (Å²) < 4.78 is 1.54. The minimum atomic E-state index is -0.0866. The molecule has 3 rings (SSSR count). The van der Waals surface area contributed by atoms with Crippen molar-refractivity contribution in [3.05, 3.63) is 45.8 Å². The summed E-state index contributed by atoms with van der Waals surface area (Å²) in [6, 6.07) is 4.29. The van der Waals surface area contributed by atoms with Gasteiger partial charge >= 0.3 is 0 Å². The lowest BCUT2D eigenvalue weighted by molar-refractivity contribution is 0.523. The van der Waals surface area contributed by atoms with Crippen LogP contribution in [0.4, 0.5) is 11.5 Å². The largest absolute Gasteiger partial charge is 0.379 e. The molecule has 1 fully saturated rings. The fraction of sp³-hybridized carbons (Fsp3) is 0.444. The molecule has 130 valence electrons. The molecular formula is C18H22N6O. The third-order valence-electron chi connectivity index (χ3n) is 4.52. The van der Waals surface area contributed by atoms with Crippen molar-refractivity contribution in [1.29, 1.82) is 5.26 Å². The first-order valence-electron chi connectivity index (χ1n) is 8.41. The van der Waals surface area contributed by atoms with Crippen molar-refractivity contribution in [1.82, 2.24) is 14.5 Å². The Labute approximate surface area is 146 Å². The monoisotopic (exact) mass is 338 g/mol. The van der Waals surface area contributed by atoms with Crippen molar-refractivity contribution in [2.24, 2.45) is 7.05 Å². The van der Waals surface area contributed by atoms with E-state index < -0.39 is 0 Å². The summed E-state index contributed by atoms with van der Waals surface area (Å²) in [6.07, 6.45) is 5.25. The van der Waals surface area contributed by atoms with Gasteiger partial charge in [0.1, 0.15) is 6.07 Å². The Balaban J connectivity index is 1.83. The van der Waals surface area contributed by atoms with Gasteiger partial charge in [0.25, 0.3) is 5.56 Å². The van der Waals surface area contributed by atoms with Gasteiger partial charge in [-0.25, -0.2) is 4.98 Å². The predicted molar refractivity (Wildman–Crippen MR) is 96.8 cm³/mol. The molecule has 2 aromatic heterocycles. The van der Waals surface area contributed by atoms with Crippen LogP contribution in [-0.2, 0) is 7.05 Å². The van der Waals surface area contributed by atoms with Crippen LogP contribution in [0.1, 0.15) is 29.8 Å². The van der Waals surface area contributed by atoms with Gasteiger partial charge in [-0.2, -0.15) is 5.26 Å². The smallest absolute Gasteiger partial charge is 0.293 e. The number of rotatable bonds is 3. The number of nitriles is 1. The number of nitrogens with zero attached hydrogens (tertiary/aromatic N) is 5. The summed E-state index contributed by atoms with van der Waals surface area (Å²) >= 11 is 0.